The fraction of sp³-hybridized carbons (Fsp3) is 0.167. The monoisotopic (exact) mass is 333 g/mol. The first-order valence-electron chi connectivity index (χ1n) is 7.55. The van der Waals surface area contributed by atoms with E-state index in [1.807, 2.05) is 36.4 Å². The number of nitriles is 1. The highest BCUT2D eigenvalue weighted by atomic mass is 16.5. The van der Waals surface area contributed by atoms with Crippen molar-refractivity contribution >= 4 is 5.78 Å². The molecule has 1 unspecified atom stereocenters. The second-order valence-electron chi connectivity index (χ2n) is 5.30. The van der Waals surface area contributed by atoms with E-state index in [9.17, 15) is 10.1 Å². The molecular weight excluding hydrogens is 318 g/mol. The summed E-state index contributed by atoms with van der Waals surface area (Å²) in [5.41, 5.74) is 1.00. The van der Waals surface area contributed by atoms with E-state index in [1.165, 1.54) is 7.11 Å². The third-order valence-corrected chi connectivity index (χ3v) is 3.78. The van der Waals surface area contributed by atoms with Crippen LogP contribution in [-0.4, -0.2) is 32.6 Å². The lowest BCUT2D eigenvalue weighted by Crippen LogP contribution is -2.17. The predicted octanol–water partition coefficient (Wildman–Crippen LogP) is 2.38. The molecule has 124 valence electrons. The summed E-state index contributed by atoms with van der Waals surface area (Å²) in [6, 6.07) is 16.3. The fourth-order valence-electron chi connectivity index (χ4n) is 2.48. The normalized spacial score (nSPS) is 11.6. The van der Waals surface area contributed by atoms with E-state index in [0.717, 1.165) is 5.56 Å². The maximum absolute atomic E-state index is 12.7. The minimum atomic E-state index is -1.10. The number of methoxy groups -OCH3 is 1. The Bertz CT molecular complexity index is 944. The van der Waals surface area contributed by atoms with E-state index in [4.69, 9.17) is 4.74 Å². The van der Waals surface area contributed by atoms with Crippen molar-refractivity contribution in [2.24, 2.45) is 7.05 Å². The summed E-state index contributed by atoms with van der Waals surface area (Å²) in [5.74, 6) is -0.380. The highest BCUT2D eigenvalue weighted by Gasteiger charge is 2.29. The molecule has 0 aliphatic rings. The third-order valence-electron chi connectivity index (χ3n) is 3.78. The maximum Gasteiger partial charge on any atom is 0.213 e. The van der Waals surface area contributed by atoms with E-state index in [1.54, 1.807) is 29.8 Å². The molecule has 2 heterocycles. The van der Waals surface area contributed by atoms with Crippen LogP contribution in [0.1, 0.15) is 22.2 Å². The molecule has 7 nitrogen and oxygen atoms in total. The summed E-state index contributed by atoms with van der Waals surface area (Å²) < 4.78 is 6.68. The number of ketones is 1. The lowest BCUT2D eigenvalue weighted by atomic mass is 10.0. The summed E-state index contributed by atoms with van der Waals surface area (Å²) in [5, 5.41) is 17.7. The van der Waals surface area contributed by atoms with Gasteiger partial charge in [-0.25, -0.2) is 4.98 Å². The van der Waals surface area contributed by atoms with Crippen LogP contribution in [0, 0.1) is 11.3 Å². The molecule has 0 saturated heterocycles. The predicted molar refractivity (Wildman–Crippen MR) is 89.9 cm³/mol. The van der Waals surface area contributed by atoms with Crippen LogP contribution >= 0.6 is 0 Å². The van der Waals surface area contributed by atoms with Gasteiger partial charge < -0.3 is 9.30 Å². The molecule has 0 N–H and O–H groups in total. The molecule has 0 radical (unpaired) electrons. The molecule has 1 aromatic carbocycles. The summed E-state index contributed by atoms with van der Waals surface area (Å²) >= 11 is 0. The Hall–Kier alpha value is -3.53. The lowest BCUT2D eigenvalue weighted by molar-refractivity contribution is 0.0969. The maximum atomic E-state index is 12.7. The number of hydrogen-bond acceptors (Lipinski definition) is 6. The van der Waals surface area contributed by atoms with Gasteiger partial charge in [-0.15, -0.1) is 10.2 Å². The molecule has 0 aliphatic carbocycles. The van der Waals surface area contributed by atoms with Crippen molar-refractivity contribution in [1.29, 1.82) is 5.26 Å². The van der Waals surface area contributed by atoms with Gasteiger partial charge in [0, 0.05) is 18.7 Å². The third kappa shape index (κ3) is 3.10. The van der Waals surface area contributed by atoms with Gasteiger partial charge >= 0.3 is 0 Å². The first kappa shape index (κ1) is 16.3. The van der Waals surface area contributed by atoms with E-state index >= 15 is 0 Å². The number of carbonyl (C=O) groups is 1. The average Bonchev–Trinajstić information content (AvgIpc) is 3.04. The standard InChI is InChI=1S/C18H15N5O2/c1-23-17(12-7-4-3-5-8-12)21-22-18(23)13(11-19)16(24)14-9-6-10-15(20-14)25-2/h3-10,13H,1-2H3. The van der Waals surface area contributed by atoms with Crippen molar-refractivity contribution in [2.75, 3.05) is 7.11 Å². The van der Waals surface area contributed by atoms with Crippen LogP contribution in [0.3, 0.4) is 0 Å². The van der Waals surface area contributed by atoms with Crippen molar-refractivity contribution in [3.63, 3.8) is 0 Å². The minimum Gasteiger partial charge on any atom is -0.481 e. The zero-order chi connectivity index (χ0) is 17.8. The SMILES string of the molecule is COc1cccc(C(=O)C(C#N)c2nnc(-c3ccccc3)n2C)n1. The Labute approximate surface area is 144 Å². The number of nitrogens with zero attached hydrogens (tertiary/aromatic N) is 5. The molecule has 1 atom stereocenters. The quantitative estimate of drug-likeness (QED) is 0.665. The van der Waals surface area contributed by atoms with Gasteiger partial charge in [0.05, 0.1) is 13.2 Å². The molecule has 0 fully saturated rings. The Balaban J connectivity index is 1.98. The van der Waals surface area contributed by atoms with Crippen molar-refractivity contribution in [3.8, 4) is 23.3 Å². The fourth-order valence-corrected chi connectivity index (χ4v) is 2.48. The molecule has 0 aliphatic heterocycles. The van der Waals surface area contributed by atoms with Gasteiger partial charge in [0.25, 0.3) is 0 Å². The van der Waals surface area contributed by atoms with Crippen LogP contribution in [0.25, 0.3) is 11.4 Å². The van der Waals surface area contributed by atoms with Gasteiger partial charge in [0.15, 0.2) is 17.6 Å². The van der Waals surface area contributed by atoms with Crippen LogP contribution < -0.4 is 4.74 Å². The van der Waals surface area contributed by atoms with Gasteiger partial charge in [-0.2, -0.15) is 5.26 Å². The number of aromatic nitrogens is 4. The number of rotatable bonds is 5. The van der Waals surface area contributed by atoms with Gasteiger partial charge in [0.2, 0.25) is 11.7 Å². The van der Waals surface area contributed by atoms with Gasteiger partial charge in [-0.3, -0.25) is 4.79 Å². The average molecular weight is 333 g/mol. The van der Waals surface area contributed by atoms with Crippen molar-refractivity contribution in [1.82, 2.24) is 19.7 Å². The van der Waals surface area contributed by atoms with Crippen LogP contribution in [-0.2, 0) is 7.05 Å². The molecule has 0 saturated carbocycles. The lowest BCUT2D eigenvalue weighted by Gasteiger charge is -2.09. The zero-order valence-corrected chi connectivity index (χ0v) is 13.7. The van der Waals surface area contributed by atoms with Crippen molar-refractivity contribution in [2.45, 2.75) is 5.92 Å². The largest absolute Gasteiger partial charge is 0.481 e. The van der Waals surface area contributed by atoms with E-state index < -0.39 is 11.7 Å². The van der Waals surface area contributed by atoms with Crippen LogP contribution in [0.4, 0.5) is 0 Å². The molecule has 0 spiro atoms. The second kappa shape index (κ2) is 6.93. The molecular formula is C18H15N5O2. The number of benzene rings is 1. The Morgan fingerprint density at radius 1 is 1.16 bits per heavy atom. The van der Waals surface area contributed by atoms with Gasteiger partial charge in [-0.05, 0) is 6.07 Å². The minimum absolute atomic E-state index is 0.148. The van der Waals surface area contributed by atoms with Gasteiger partial charge in [-0.1, -0.05) is 36.4 Å². The Kier molecular flexibility index (Phi) is 4.53. The smallest absolute Gasteiger partial charge is 0.213 e. The Morgan fingerprint density at radius 2 is 1.92 bits per heavy atom. The van der Waals surface area contributed by atoms with Crippen molar-refractivity contribution in [3.05, 3.63) is 60.0 Å². The topological polar surface area (TPSA) is 93.7 Å². The summed E-state index contributed by atoms with van der Waals surface area (Å²) in [4.78, 5) is 16.8. The second-order valence-corrected chi connectivity index (χ2v) is 5.30. The first-order chi connectivity index (χ1) is 12.2. The molecule has 7 heteroatoms. The number of ether oxygens (including phenoxy) is 1. The highest BCUT2D eigenvalue weighted by Crippen LogP contribution is 2.23. The van der Waals surface area contributed by atoms with Gasteiger partial charge in [0.1, 0.15) is 5.69 Å². The highest BCUT2D eigenvalue weighted by molar-refractivity contribution is 6.00. The number of hydrogen-bond donors (Lipinski definition) is 0. The first-order valence-corrected chi connectivity index (χ1v) is 7.55. The molecule has 0 amide bonds. The summed E-state index contributed by atoms with van der Waals surface area (Å²) in [6.45, 7) is 0. The Morgan fingerprint density at radius 3 is 2.60 bits per heavy atom. The van der Waals surface area contributed by atoms with E-state index in [0.29, 0.717) is 11.7 Å². The zero-order valence-electron chi connectivity index (χ0n) is 13.7. The van der Waals surface area contributed by atoms with Crippen molar-refractivity contribution < 1.29 is 9.53 Å². The number of carbonyl (C=O) groups excluding carboxylic acids is 1. The number of Topliss-reactive ketones (excluding diaryl/α,β-unsaturated/α-hetero) is 1. The van der Waals surface area contributed by atoms with Crippen LogP contribution in [0.15, 0.2) is 48.5 Å². The van der Waals surface area contributed by atoms with Crippen LogP contribution in [0.5, 0.6) is 5.88 Å². The summed E-state index contributed by atoms with van der Waals surface area (Å²) in [6.07, 6.45) is 0. The van der Waals surface area contributed by atoms with E-state index in [-0.39, 0.29) is 11.5 Å². The molecule has 3 aromatic rings. The van der Waals surface area contributed by atoms with E-state index in [2.05, 4.69) is 15.2 Å². The summed E-state index contributed by atoms with van der Waals surface area (Å²) in [7, 11) is 3.20. The molecule has 0 bridgehead atoms. The molecule has 3 rings (SSSR count). The molecule has 25 heavy (non-hydrogen) atoms. The molecule has 2 aromatic heterocycles. The van der Waals surface area contributed by atoms with Crippen LogP contribution in [0.2, 0.25) is 0 Å². The number of pyridine rings is 1.